The molecule has 0 spiro atoms. The molecule has 2 rings (SSSR count). The molecule has 0 bridgehead atoms. The topological polar surface area (TPSA) is 107 Å². The van der Waals surface area contributed by atoms with E-state index in [-0.39, 0.29) is 30.2 Å². The number of phenolic OH excluding ortho intramolecular Hbond substituents is 1. The third-order valence-corrected chi connectivity index (χ3v) is 3.12. The first kappa shape index (κ1) is 18.5. The van der Waals surface area contributed by atoms with E-state index in [1.807, 2.05) is 0 Å². The van der Waals surface area contributed by atoms with Gasteiger partial charge in [-0.2, -0.15) is 18.3 Å². The van der Waals surface area contributed by atoms with Crippen molar-refractivity contribution >= 4 is 11.9 Å². The van der Waals surface area contributed by atoms with Crippen LogP contribution in [0.1, 0.15) is 16.9 Å². The van der Waals surface area contributed by atoms with Crippen LogP contribution in [0, 0.1) is 0 Å². The number of carbonyl (C=O) groups is 2. The molecular formula is C15H14F3N3O4. The highest BCUT2D eigenvalue weighted by Gasteiger charge is 2.43. The number of rotatable bonds is 5. The lowest BCUT2D eigenvalue weighted by molar-refractivity contribution is -0.193. The predicted molar refractivity (Wildman–Crippen MR) is 79.5 cm³/mol. The van der Waals surface area contributed by atoms with E-state index in [1.54, 1.807) is 6.07 Å². The molecule has 0 saturated heterocycles. The molecule has 0 aliphatic carbocycles. The van der Waals surface area contributed by atoms with E-state index in [0.29, 0.717) is 12.0 Å². The van der Waals surface area contributed by atoms with Gasteiger partial charge in [0.15, 0.2) is 0 Å². The fourth-order valence-electron chi connectivity index (χ4n) is 1.99. The minimum absolute atomic E-state index is 0.0506. The highest BCUT2D eigenvalue weighted by atomic mass is 19.4. The lowest BCUT2D eigenvalue weighted by atomic mass is 10.1. The first-order valence-corrected chi connectivity index (χ1v) is 7.13. The zero-order valence-corrected chi connectivity index (χ0v) is 12.8. The van der Waals surface area contributed by atoms with Crippen LogP contribution < -0.4 is 5.73 Å². The van der Waals surface area contributed by atoms with Crippen molar-refractivity contribution in [3.8, 4) is 17.0 Å². The van der Waals surface area contributed by atoms with Gasteiger partial charge in [-0.3, -0.25) is 4.68 Å². The first-order valence-electron chi connectivity index (χ1n) is 7.13. The molecule has 0 unspecified atom stereocenters. The highest BCUT2D eigenvalue weighted by molar-refractivity contribution is 5.97. The van der Waals surface area contributed by atoms with Crippen LogP contribution in [-0.2, 0) is 16.1 Å². The van der Waals surface area contributed by atoms with Gasteiger partial charge in [0.05, 0.1) is 5.69 Å². The van der Waals surface area contributed by atoms with Crippen LogP contribution >= 0.6 is 0 Å². The smallest absolute Gasteiger partial charge is 0.491 e. The molecule has 0 saturated carbocycles. The Kier molecular flexibility index (Phi) is 5.42. The zero-order valence-electron chi connectivity index (χ0n) is 12.8. The maximum absolute atomic E-state index is 12.2. The number of alkyl halides is 3. The van der Waals surface area contributed by atoms with E-state index in [9.17, 15) is 27.9 Å². The number of halogens is 3. The van der Waals surface area contributed by atoms with Crippen LogP contribution in [0.3, 0.4) is 0 Å². The number of nitrogens with zero attached hydrogens (tertiary/aromatic N) is 2. The molecule has 1 heterocycles. The molecular weight excluding hydrogens is 343 g/mol. The number of benzene rings is 1. The summed E-state index contributed by atoms with van der Waals surface area (Å²) in [5.74, 6) is -4.13. The molecule has 25 heavy (non-hydrogen) atoms. The molecule has 0 radical (unpaired) electrons. The fourth-order valence-corrected chi connectivity index (χ4v) is 1.99. The Hall–Kier alpha value is -2.88. The number of phenols is 1. The zero-order chi connectivity index (χ0) is 18.6. The van der Waals surface area contributed by atoms with E-state index >= 15 is 0 Å². The van der Waals surface area contributed by atoms with Crippen molar-refractivity contribution in [2.45, 2.75) is 19.1 Å². The molecule has 2 aromatic rings. The Balaban J connectivity index is 2.35. The molecule has 134 valence electrons. The number of hydrogen-bond donors (Lipinski definition) is 2. The quantitative estimate of drug-likeness (QED) is 0.625. The van der Waals surface area contributed by atoms with Gasteiger partial charge < -0.3 is 15.6 Å². The molecule has 3 N–H and O–H groups in total. The molecule has 10 heteroatoms. The summed E-state index contributed by atoms with van der Waals surface area (Å²) in [6, 6.07) is 7.09. The van der Waals surface area contributed by atoms with Gasteiger partial charge in [0.25, 0.3) is 0 Å². The number of carbonyl (C=O) groups excluding carboxylic acids is 2. The fraction of sp³-hybridized carbons (Fsp3) is 0.267. The molecule has 7 nitrogen and oxygen atoms in total. The number of nitrogens with two attached hydrogens (primary N) is 1. The van der Waals surface area contributed by atoms with E-state index in [4.69, 9.17) is 5.73 Å². The number of hydrogen-bond acceptors (Lipinski definition) is 6. The Bertz CT molecular complexity index is 787. The third-order valence-electron chi connectivity index (χ3n) is 3.12. The van der Waals surface area contributed by atoms with Gasteiger partial charge in [-0.15, -0.1) is 0 Å². The lowest BCUT2D eigenvalue weighted by Gasteiger charge is -2.07. The summed E-state index contributed by atoms with van der Waals surface area (Å²) in [6.07, 6.45) is -4.89. The van der Waals surface area contributed by atoms with Crippen LogP contribution in [0.4, 0.5) is 13.2 Å². The van der Waals surface area contributed by atoms with Crippen molar-refractivity contribution in [1.82, 2.24) is 9.78 Å². The molecule has 0 amide bonds. The lowest BCUT2D eigenvalue weighted by Crippen LogP contribution is -2.29. The maximum Gasteiger partial charge on any atom is 0.491 e. The second-order valence-electron chi connectivity index (χ2n) is 5.01. The van der Waals surface area contributed by atoms with Gasteiger partial charge in [0, 0.05) is 12.1 Å². The minimum Gasteiger partial charge on any atom is -0.508 e. The number of esters is 2. The van der Waals surface area contributed by atoms with Crippen molar-refractivity contribution in [3.05, 3.63) is 36.0 Å². The van der Waals surface area contributed by atoms with Gasteiger partial charge in [-0.05, 0) is 31.2 Å². The summed E-state index contributed by atoms with van der Waals surface area (Å²) in [4.78, 5) is 22.8. The van der Waals surface area contributed by atoms with Crippen molar-refractivity contribution in [2.75, 3.05) is 6.54 Å². The number of aryl methyl sites for hydroxylation is 1. The normalized spacial score (nSPS) is 11.4. The Labute approximate surface area is 139 Å². The van der Waals surface area contributed by atoms with Crippen LogP contribution in [0.15, 0.2) is 30.3 Å². The molecule has 1 aromatic heterocycles. The summed E-state index contributed by atoms with van der Waals surface area (Å²) in [7, 11) is 0. The van der Waals surface area contributed by atoms with Gasteiger partial charge in [0.2, 0.25) is 0 Å². The number of ether oxygens (including phenoxy) is 1. The molecule has 0 aliphatic heterocycles. The Morgan fingerprint density at radius 2 is 2.00 bits per heavy atom. The standard InChI is InChI=1S/C15H14F3N3O4/c16-15(17,18)14(24)25-13(23)12-8-11(20-21(12)6-2-5-19)9-3-1-4-10(22)7-9/h1,3-4,7-8,22H,2,5-6,19H2. The maximum atomic E-state index is 12.2. The summed E-state index contributed by atoms with van der Waals surface area (Å²) in [6.45, 7) is 0.400. The summed E-state index contributed by atoms with van der Waals surface area (Å²) in [5, 5.41) is 13.6. The van der Waals surface area contributed by atoms with Crippen molar-refractivity contribution in [1.29, 1.82) is 0 Å². The van der Waals surface area contributed by atoms with E-state index < -0.39 is 18.1 Å². The first-order chi connectivity index (χ1) is 11.7. The summed E-state index contributed by atoms with van der Waals surface area (Å²) < 4.78 is 41.7. The Morgan fingerprint density at radius 3 is 2.60 bits per heavy atom. The van der Waals surface area contributed by atoms with Gasteiger partial charge >= 0.3 is 18.1 Å². The monoisotopic (exact) mass is 357 g/mol. The van der Waals surface area contributed by atoms with Gasteiger partial charge in [0.1, 0.15) is 11.4 Å². The second-order valence-corrected chi connectivity index (χ2v) is 5.01. The van der Waals surface area contributed by atoms with E-state index in [1.165, 1.54) is 24.3 Å². The second kappa shape index (κ2) is 7.34. The molecule has 0 fully saturated rings. The SMILES string of the molecule is NCCCn1nc(-c2cccc(O)c2)cc1C(=O)OC(=O)C(F)(F)F. The highest BCUT2D eigenvalue weighted by Crippen LogP contribution is 2.24. The Morgan fingerprint density at radius 1 is 1.28 bits per heavy atom. The molecule has 1 aromatic carbocycles. The van der Waals surface area contributed by atoms with Gasteiger partial charge in [-0.1, -0.05) is 12.1 Å². The van der Waals surface area contributed by atoms with Gasteiger partial charge in [-0.25, -0.2) is 9.59 Å². The van der Waals surface area contributed by atoms with Crippen LogP contribution in [0.5, 0.6) is 5.75 Å². The largest absolute Gasteiger partial charge is 0.508 e. The number of aromatic hydroxyl groups is 1. The average Bonchev–Trinajstić information content (AvgIpc) is 2.96. The minimum atomic E-state index is -5.29. The summed E-state index contributed by atoms with van der Waals surface area (Å²) in [5.41, 5.74) is 5.71. The molecule has 0 atom stereocenters. The molecule has 0 aliphatic rings. The third kappa shape index (κ3) is 4.57. The number of aromatic nitrogens is 2. The summed E-state index contributed by atoms with van der Waals surface area (Å²) >= 11 is 0. The van der Waals surface area contributed by atoms with Crippen LogP contribution in [-0.4, -0.2) is 39.5 Å². The van der Waals surface area contributed by atoms with Crippen molar-refractivity contribution < 1.29 is 32.6 Å². The van der Waals surface area contributed by atoms with Crippen LogP contribution in [0.25, 0.3) is 11.3 Å². The van der Waals surface area contributed by atoms with Crippen molar-refractivity contribution in [3.63, 3.8) is 0 Å². The van der Waals surface area contributed by atoms with Crippen LogP contribution in [0.2, 0.25) is 0 Å². The van der Waals surface area contributed by atoms with E-state index in [0.717, 1.165) is 4.68 Å². The van der Waals surface area contributed by atoms with Crippen molar-refractivity contribution in [2.24, 2.45) is 5.73 Å². The predicted octanol–water partition coefficient (Wildman–Crippen LogP) is 1.85. The average molecular weight is 357 g/mol. The van der Waals surface area contributed by atoms with E-state index in [2.05, 4.69) is 9.84 Å².